The van der Waals surface area contributed by atoms with Crippen molar-refractivity contribution in [2.24, 2.45) is 5.92 Å². The van der Waals surface area contributed by atoms with Gasteiger partial charge in [0.1, 0.15) is 0 Å². The maximum atomic E-state index is 12.2. The Balaban J connectivity index is 1.43. The van der Waals surface area contributed by atoms with Crippen molar-refractivity contribution in [1.29, 1.82) is 0 Å². The molecule has 29 heavy (non-hydrogen) atoms. The van der Waals surface area contributed by atoms with Gasteiger partial charge in [-0.15, -0.1) is 0 Å². The number of aromatic nitrogens is 1. The van der Waals surface area contributed by atoms with E-state index in [4.69, 9.17) is 32.4 Å². The lowest BCUT2D eigenvalue weighted by atomic mass is 10.2. The van der Waals surface area contributed by atoms with Gasteiger partial charge in [0, 0.05) is 49.6 Å². The van der Waals surface area contributed by atoms with Crippen molar-refractivity contribution >= 4 is 29.1 Å². The second-order valence-corrected chi connectivity index (χ2v) is 8.54. The van der Waals surface area contributed by atoms with Crippen molar-refractivity contribution in [3.05, 3.63) is 40.3 Å². The number of hydrogen-bond donors (Lipinski definition) is 1. The van der Waals surface area contributed by atoms with E-state index in [1.54, 1.807) is 24.4 Å². The molecule has 0 bridgehead atoms. The first-order valence-electron chi connectivity index (χ1n) is 9.91. The molecular formula is C21H27Cl2N3O3. The molecule has 3 rings (SSSR count). The Hall–Kier alpha value is -1.60. The summed E-state index contributed by atoms with van der Waals surface area (Å²) in [6.45, 7) is 8.50. The Morgan fingerprint density at radius 1 is 1.38 bits per heavy atom. The van der Waals surface area contributed by atoms with Gasteiger partial charge in [-0.1, -0.05) is 37.0 Å². The quantitative estimate of drug-likeness (QED) is 0.671. The minimum absolute atomic E-state index is 0.0341. The van der Waals surface area contributed by atoms with Gasteiger partial charge in [0.05, 0.1) is 23.9 Å². The van der Waals surface area contributed by atoms with Crippen LogP contribution in [-0.2, 0) is 16.0 Å². The number of aryl methyl sites for hydroxylation is 1. The predicted molar refractivity (Wildman–Crippen MR) is 114 cm³/mol. The molecule has 0 radical (unpaired) electrons. The Morgan fingerprint density at radius 3 is 2.97 bits per heavy atom. The van der Waals surface area contributed by atoms with Crippen LogP contribution in [-0.4, -0.2) is 54.7 Å². The van der Waals surface area contributed by atoms with E-state index in [2.05, 4.69) is 29.0 Å². The van der Waals surface area contributed by atoms with Crippen LogP contribution in [0, 0.1) is 5.92 Å². The van der Waals surface area contributed by atoms with Crippen LogP contribution < -0.4 is 5.32 Å². The van der Waals surface area contributed by atoms with E-state index in [1.807, 2.05) is 0 Å². The van der Waals surface area contributed by atoms with E-state index >= 15 is 0 Å². The second kappa shape index (κ2) is 10.4. The number of ether oxygens (including phenoxy) is 1. The Kier molecular flexibility index (Phi) is 7.95. The number of nitrogens with zero attached hydrogens (tertiary/aromatic N) is 2. The number of halogens is 2. The Labute approximate surface area is 181 Å². The Bertz CT molecular complexity index is 825. The van der Waals surface area contributed by atoms with Crippen LogP contribution in [0.3, 0.4) is 0 Å². The van der Waals surface area contributed by atoms with E-state index in [-0.39, 0.29) is 12.0 Å². The molecule has 1 saturated heterocycles. The van der Waals surface area contributed by atoms with Crippen molar-refractivity contribution in [3.63, 3.8) is 0 Å². The number of carbonyl (C=O) groups is 1. The molecule has 1 aliphatic rings. The van der Waals surface area contributed by atoms with Gasteiger partial charge in [0.2, 0.25) is 5.91 Å². The van der Waals surface area contributed by atoms with Crippen LogP contribution in [0.4, 0.5) is 0 Å². The highest BCUT2D eigenvalue weighted by Gasteiger charge is 2.21. The highest BCUT2D eigenvalue weighted by molar-refractivity contribution is 6.36. The van der Waals surface area contributed by atoms with Gasteiger partial charge in [-0.25, -0.2) is 4.98 Å². The monoisotopic (exact) mass is 439 g/mol. The minimum Gasteiger partial charge on any atom is -0.441 e. The number of morpholine rings is 1. The average molecular weight is 440 g/mol. The zero-order chi connectivity index (χ0) is 20.8. The number of rotatable bonds is 8. The molecule has 0 saturated carbocycles. The van der Waals surface area contributed by atoms with E-state index < -0.39 is 0 Å². The number of benzene rings is 1. The van der Waals surface area contributed by atoms with Gasteiger partial charge in [-0.2, -0.15) is 0 Å². The molecule has 6 nitrogen and oxygen atoms in total. The first-order chi connectivity index (χ1) is 13.9. The molecule has 0 aliphatic carbocycles. The summed E-state index contributed by atoms with van der Waals surface area (Å²) in [4.78, 5) is 18.8. The molecule has 0 spiro atoms. The number of oxazole rings is 1. The third kappa shape index (κ3) is 6.71. The third-order valence-corrected chi connectivity index (χ3v) is 5.24. The van der Waals surface area contributed by atoms with Crippen LogP contribution >= 0.6 is 23.2 Å². The summed E-state index contributed by atoms with van der Waals surface area (Å²) >= 11 is 12.1. The van der Waals surface area contributed by atoms with Gasteiger partial charge in [-0.3, -0.25) is 9.69 Å². The first kappa shape index (κ1) is 22.1. The lowest BCUT2D eigenvalue weighted by Crippen LogP contribution is -2.48. The third-order valence-electron chi connectivity index (χ3n) is 4.69. The minimum atomic E-state index is -0.0427. The van der Waals surface area contributed by atoms with Gasteiger partial charge in [-0.05, 0) is 24.1 Å². The zero-order valence-electron chi connectivity index (χ0n) is 16.8. The summed E-state index contributed by atoms with van der Waals surface area (Å²) in [5, 5.41) is 4.01. The van der Waals surface area contributed by atoms with Crippen molar-refractivity contribution in [1.82, 2.24) is 15.2 Å². The number of nitrogens with one attached hydrogen (secondary N) is 1. The second-order valence-electron chi connectivity index (χ2n) is 7.69. The van der Waals surface area contributed by atoms with E-state index in [1.165, 1.54) is 0 Å². The molecule has 158 valence electrons. The van der Waals surface area contributed by atoms with E-state index in [0.29, 0.717) is 53.6 Å². The fourth-order valence-electron chi connectivity index (χ4n) is 3.36. The van der Waals surface area contributed by atoms with Crippen LogP contribution in [0.5, 0.6) is 0 Å². The molecule has 1 aliphatic heterocycles. The van der Waals surface area contributed by atoms with Gasteiger partial charge in [0.15, 0.2) is 11.7 Å². The summed E-state index contributed by atoms with van der Waals surface area (Å²) in [6, 6.07) is 5.19. The van der Waals surface area contributed by atoms with Crippen LogP contribution in [0.1, 0.15) is 26.2 Å². The van der Waals surface area contributed by atoms with Crippen molar-refractivity contribution in [2.45, 2.75) is 32.8 Å². The summed E-state index contributed by atoms with van der Waals surface area (Å²) < 4.78 is 11.5. The van der Waals surface area contributed by atoms with Crippen molar-refractivity contribution < 1.29 is 13.9 Å². The first-order valence-corrected chi connectivity index (χ1v) is 10.7. The Morgan fingerprint density at radius 2 is 2.21 bits per heavy atom. The van der Waals surface area contributed by atoms with E-state index in [9.17, 15) is 4.79 Å². The average Bonchev–Trinajstić information content (AvgIpc) is 3.13. The topological polar surface area (TPSA) is 67.6 Å². The van der Waals surface area contributed by atoms with Gasteiger partial charge >= 0.3 is 0 Å². The number of hydrogen-bond acceptors (Lipinski definition) is 5. The predicted octanol–water partition coefficient (Wildman–Crippen LogP) is 4.05. The molecule has 1 unspecified atom stereocenters. The molecule has 1 atom stereocenters. The van der Waals surface area contributed by atoms with Crippen molar-refractivity contribution in [2.75, 3.05) is 32.8 Å². The smallest absolute Gasteiger partial charge is 0.220 e. The van der Waals surface area contributed by atoms with Gasteiger partial charge < -0.3 is 14.5 Å². The summed E-state index contributed by atoms with van der Waals surface area (Å²) in [5.41, 5.74) is 0.722. The molecule has 1 N–H and O–H groups in total. The number of carbonyl (C=O) groups excluding carboxylic acids is 1. The van der Waals surface area contributed by atoms with Gasteiger partial charge in [0.25, 0.3) is 0 Å². The maximum Gasteiger partial charge on any atom is 0.220 e. The zero-order valence-corrected chi connectivity index (χ0v) is 18.3. The standard InChI is InChI=1S/C21H27Cl2N3O3/c1-14(2)12-26-7-8-28-16(13-26)10-24-20(27)5-6-21-25-11-19(29-21)17-4-3-15(22)9-18(17)23/h3-4,9,11,14,16H,5-8,10,12-13H2,1-2H3,(H,24,27). The maximum absolute atomic E-state index is 12.2. The molecule has 8 heteroatoms. The fourth-order valence-corrected chi connectivity index (χ4v) is 3.86. The highest BCUT2D eigenvalue weighted by Crippen LogP contribution is 2.30. The molecule has 1 amide bonds. The molecule has 2 aromatic rings. The molecule has 1 aromatic carbocycles. The van der Waals surface area contributed by atoms with Crippen LogP contribution in [0.15, 0.2) is 28.8 Å². The van der Waals surface area contributed by atoms with Crippen LogP contribution in [0.2, 0.25) is 10.0 Å². The van der Waals surface area contributed by atoms with E-state index in [0.717, 1.165) is 25.2 Å². The number of amides is 1. The summed E-state index contributed by atoms with van der Waals surface area (Å²) in [6.07, 6.45) is 2.37. The highest BCUT2D eigenvalue weighted by atomic mass is 35.5. The lowest BCUT2D eigenvalue weighted by Gasteiger charge is -2.33. The van der Waals surface area contributed by atoms with Crippen LogP contribution in [0.25, 0.3) is 11.3 Å². The summed E-state index contributed by atoms with van der Waals surface area (Å²) in [7, 11) is 0. The largest absolute Gasteiger partial charge is 0.441 e. The SMILES string of the molecule is CC(C)CN1CCOC(CNC(=O)CCc2ncc(-c3ccc(Cl)cc3Cl)o2)C1. The fraction of sp³-hybridized carbons (Fsp3) is 0.524. The molecular weight excluding hydrogens is 413 g/mol. The molecule has 1 aromatic heterocycles. The molecule has 2 heterocycles. The van der Waals surface area contributed by atoms with Crippen molar-refractivity contribution in [3.8, 4) is 11.3 Å². The molecule has 1 fully saturated rings. The lowest BCUT2D eigenvalue weighted by molar-refractivity contribution is -0.122. The summed E-state index contributed by atoms with van der Waals surface area (Å²) in [5.74, 6) is 1.64. The normalized spacial score (nSPS) is 17.6.